The molecule has 4 rings (SSSR count). The zero-order chi connectivity index (χ0) is 21.1. The number of methoxy groups -OCH3 is 1. The minimum Gasteiger partial charge on any atom is -0.497 e. The Morgan fingerprint density at radius 3 is 2.40 bits per heavy atom. The fourth-order valence-electron chi connectivity index (χ4n) is 3.40. The summed E-state index contributed by atoms with van der Waals surface area (Å²) in [6.45, 7) is 0.802. The quantitative estimate of drug-likeness (QED) is 0.605. The molecule has 0 unspecified atom stereocenters. The molecule has 7 nitrogen and oxygen atoms in total. The molecule has 3 aromatic rings. The van der Waals surface area contributed by atoms with Crippen molar-refractivity contribution in [2.45, 2.75) is 12.8 Å². The van der Waals surface area contributed by atoms with Gasteiger partial charge in [-0.2, -0.15) is 0 Å². The first-order valence-corrected chi connectivity index (χ1v) is 9.68. The maximum absolute atomic E-state index is 12.4. The average Bonchev–Trinajstić information content (AvgIpc) is 2.77. The van der Waals surface area contributed by atoms with E-state index in [-0.39, 0.29) is 18.3 Å². The van der Waals surface area contributed by atoms with Crippen LogP contribution in [0.5, 0.6) is 11.5 Å². The molecule has 0 aliphatic carbocycles. The Balaban J connectivity index is 1.47. The highest BCUT2D eigenvalue weighted by Gasteiger charge is 2.21. The van der Waals surface area contributed by atoms with Crippen LogP contribution >= 0.6 is 0 Å². The summed E-state index contributed by atoms with van der Waals surface area (Å²) in [5, 5.41) is 0.759. The third kappa shape index (κ3) is 4.20. The molecule has 1 aliphatic heterocycles. The topological polar surface area (TPSA) is 86.1 Å². The minimum atomic E-state index is -0.434. The number of nitrogens with zero attached hydrogens (tertiary/aromatic N) is 1. The van der Waals surface area contributed by atoms with E-state index in [0.717, 1.165) is 5.39 Å². The molecule has 0 radical (unpaired) electrons. The number of Topliss-reactive ketones (excluding diaryl/α,β-unsaturated/α-hetero) is 1. The van der Waals surface area contributed by atoms with Crippen LogP contribution < -0.4 is 15.1 Å². The second kappa shape index (κ2) is 8.41. The van der Waals surface area contributed by atoms with E-state index in [2.05, 4.69) is 0 Å². The van der Waals surface area contributed by atoms with Gasteiger partial charge in [0.2, 0.25) is 0 Å². The molecule has 0 atom stereocenters. The second-order valence-corrected chi connectivity index (χ2v) is 7.08. The van der Waals surface area contributed by atoms with Gasteiger partial charge in [0.05, 0.1) is 12.7 Å². The zero-order valence-electron chi connectivity index (χ0n) is 16.6. The Morgan fingerprint density at radius 2 is 1.70 bits per heavy atom. The van der Waals surface area contributed by atoms with E-state index in [1.807, 2.05) is 0 Å². The monoisotopic (exact) mass is 407 g/mol. The summed E-state index contributed by atoms with van der Waals surface area (Å²) in [5.74, 6) is 1.24. The lowest BCUT2D eigenvalue weighted by molar-refractivity contribution is -0.136. The number of hydrogen-bond donors (Lipinski definition) is 0. The van der Waals surface area contributed by atoms with Crippen molar-refractivity contribution in [3.8, 4) is 22.6 Å². The highest BCUT2D eigenvalue weighted by Crippen LogP contribution is 2.25. The van der Waals surface area contributed by atoms with Gasteiger partial charge in [0.15, 0.2) is 6.61 Å². The predicted molar refractivity (Wildman–Crippen MR) is 111 cm³/mol. The third-order valence-corrected chi connectivity index (χ3v) is 5.14. The van der Waals surface area contributed by atoms with Crippen molar-refractivity contribution in [3.63, 3.8) is 0 Å². The molecule has 2 heterocycles. The second-order valence-electron chi connectivity index (χ2n) is 7.08. The lowest BCUT2D eigenvalue weighted by Gasteiger charge is -2.25. The molecule has 1 fully saturated rings. The van der Waals surface area contributed by atoms with Crippen molar-refractivity contribution in [2.24, 2.45) is 0 Å². The van der Waals surface area contributed by atoms with Crippen molar-refractivity contribution >= 4 is 22.7 Å². The molecular weight excluding hydrogens is 386 g/mol. The molecule has 0 spiro atoms. The molecule has 0 saturated carbocycles. The fourth-order valence-corrected chi connectivity index (χ4v) is 3.40. The number of ketones is 1. The number of likely N-dealkylation sites (tertiary alicyclic amines) is 1. The van der Waals surface area contributed by atoms with Gasteiger partial charge < -0.3 is 18.8 Å². The number of piperidine rings is 1. The summed E-state index contributed by atoms with van der Waals surface area (Å²) in [6, 6.07) is 13.9. The lowest BCUT2D eigenvalue weighted by Crippen LogP contribution is -2.41. The molecular formula is C23H21NO6. The van der Waals surface area contributed by atoms with Gasteiger partial charge in [0.25, 0.3) is 5.91 Å². The molecule has 0 N–H and O–H groups in total. The summed E-state index contributed by atoms with van der Waals surface area (Å²) < 4.78 is 16.2. The van der Waals surface area contributed by atoms with Gasteiger partial charge in [-0.25, -0.2) is 4.79 Å². The van der Waals surface area contributed by atoms with Crippen LogP contribution in [0.2, 0.25) is 0 Å². The number of carbonyl (C=O) groups is 2. The third-order valence-electron chi connectivity index (χ3n) is 5.14. The summed E-state index contributed by atoms with van der Waals surface area (Å²) >= 11 is 0. The number of benzene rings is 2. The minimum absolute atomic E-state index is 0.0918. The maximum atomic E-state index is 12.4. The molecule has 7 heteroatoms. The van der Waals surface area contributed by atoms with Gasteiger partial charge in [-0.15, -0.1) is 0 Å². The van der Waals surface area contributed by atoms with Crippen LogP contribution in [-0.2, 0) is 9.59 Å². The normalized spacial score (nSPS) is 14.0. The van der Waals surface area contributed by atoms with Crippen LogP contribution in [0.1, 0.15) is 12.8 Å². The van der Waals surface area contributed by atoms with Gasteiger partial charge in [-0.1, -0.05) is 12.1 Å². The molecule has 2 aromatic carbocycles. The van der Waals surface area contributed by atoms with Crippen molar-refractivity contribution < 1.29 is 23.5 Å². The number of hydrogen-bond acceptors (Lipinski definition) is 6. The summed E-state index contributed by atoms with van der Waals surface area (Å²) in [6.07, 6.45) is 0.807. The highest BCUT2D eigenvalue weighted by molar-refractivity contribution is 5.84. The molecule has 1 aliphatic rings. The van der Waals surface area contributed by atoms with Crippen LogP contribution in [0.3, 0.4) is 0 Å². The van der Waals surface area contributed by atoms with Gasteiger partial charge in [-0.05, 0) is 42.0 Å². The first-order chi connectivity index (χ1) is 14.5. The van der Waals surface area contributed by atoms with Crippen molar-refractivity contribution in [3.05, 3.63) is 59.0 Å². The number of ether oxygens (including phenoxy) is 2. The Morgan fingerprint density at radius 1 is 1.00 bits per heavy atom. The fraction of sp³-hybridized carbons (Fsp3) is 0.261. The number of amides is 1. The molecule has 154 valence electrons. The maximum Gasteiger partial charge on any atom is 0.344 e. The molecule has 0 bridgehead atoms. The number of carbonyl (C=O) groups excluding carboxylic acids is 2. The van der Waals surface area contributed by atoms with E-state index in [9.17, 15) is 14.4 Å². The van der Waals surface area contributed by atoms with Crippen LogP contribution in [0, 0.1) is 0 Å². The van der Waals surface area contributed by atoms with Crippen molar-refractivity contribution in [2.75, 3.05) is 26.8 Å². The van der Waals surface area contributed by atoms with Crippen molar-refractivity contribution in [1.82, 2.24) is 4.90 Å². The Hall–Kier alpha value is -3.61. The summed E-state index contributed by atoms with van der Waals surface area (Å²) in [4.78, 5) is 37.5. The van der Waals surface area contributed by atoms with Crippen LogP contribution in [0.25, 0.3) is 22.1 Å². The van der Waals surface area contributed by atoms with Crippen LogP contribution in [0.4, 0.5) is 0 Å². The van der Waals surface area contributed by atoms with Gasteiger partial charge in [-0.3, -0.25) is 9.59 Å². The molecule has 1 amide bonds. The zero-order valence-corrected chi connectivity index (χ0v) is 16.6. The Labute approximate surface area is 172 Å². The summed E-state index contributed by atoms with van der Waals surface area (Å²) in [7, 11) is 1.58. The predicted octanol–water partition coefficient (Wildman–Crippen LogP) is 3.04. The summed E-state index contributed by atoms with van der Waals surface area (Å²) in [5.41, 5.74) is 1.16. The SMILES string of the molecule is COc1ccc2oc(=O)c(-c3ccc(OCC(=O)N4CCC(=O)CC4)cc3)cc2c1. The van der Waals surface area contributed by atoms with Crippen LogP contribution in [0.15, 0.2) is 57.7 Å². The molecule has 1 saturated heterocycles. The average molecular weight is 407 g/mol. The van der Waals surface area contributed by atoms with E-state index in [1.165, 1.54) is 0 Å². The Bertz CT molecular complexity index is 1140. The lowest BCUT2D eigenvalue weighted by atomic mass is 10.1. The van der Waals surface area contributed by atoms with Crippen LogP contribution in [-0.4, -0.2) is 43.4 Å². The highest BCUT2D eigenvalue weighted by atomic mass is 16.5. The largest absolute Gasteiger partial charge is 0.497 e. The first-order valence-electron chi connectivity index (χ1n) is 9.68. The molecule has 1 aromatic heterocycles. The van der Waals surface area contributed by atoms with E-state index < -0.39 is 5.63 Å². The molecule has 30 heavy (non-hydrogen) atoms. The van der Waals surface area contributed by atoms with E-state index >= 15 is 0 Å². The smallest absolute Gasteiger partial charge is 0.344 e. The van der Waals surface area contributed by atoms with Gasteiger partial charge in [0, 0.05) is 31.3 Å². The van der Waals surface area contributed by atoms with E-state index in [1.54, 1.807) is 60.5 Å². The van der Waals surface area contributed by atoms with E-state index in [4.69, 9.17) is 13.9 Å². The van der Waals surface area contributed by atoms with Gasteiger partial charge >= 0.3 is 5.63 Å². The number of rotatable bonds is 5. The standard InChI is InChI=1S/C23H21NO6/c1-28-19-6-7-21-16(12-19)13-20(23(27)30-21)15-2-4-18(5-3-15)29-14-22(26)24-10-8-17(25)9-11-24/h2-7,12-13H,8-11,14H2,1H3. The first kappa shape index (κ1) is 19.7. The van der Waals surface area contributed by atoms with E-state index in [0.29, 0.717) is 54.1 Å². The number of fused-ring (bicyclic) bond motifs is 1. The van der Waals surface area contributed by atoms with Gasteiger partial charge in [0.1, 0.15) is 22.9 Å². The van der Waals surface area contributed by atoms with Crippen molar-refractivity contribution in [1.29, 1.82) is 0 Å². The Kier molecular flexibility index (Phi) is 5.52.